The van der Waals surface area contributed by atoms with Crippen LogP contribution in [-0.2, 0) is 4.79 Å². The van der Waals surface area contributed by atoms with Crippen LogP contribution in [0.5, 0.6) is 11.5 Å². The third kappa shape index (κ3) is 4.46. The number of aromatic nitrogens is 1. The first-order valence-corrected chi connectivity index (χ1v) is 9.38. The summed E-state index contributed by atoms with van der Waals surface area (Å²) in [6.45, 7) is 1.99. The molecule has 3 N–H and O–H groups in total. The molecule has 1 heterocycles. The number of carbonyl (C=O) groups is 2. The molecule has 0 spiro atoms. The van der Waals surface area contributed by atoms with Crippen LogP contribution in [-0.4, -0.2) is 39.7 Å². The van der Waals surface area contributed by atoms with E-state index in [-0.39, 0.29) is 22.3 Å². The summed E-state index contributed by atoms with van der Waals surface area (Å²) in [6, 6.07) is 4.56. The van der Waals surface area contributed by atoms with Crippen molar-refractivity contribution in [3.05, 3.63) is 58.8 Å². The van der Waals surface area contributed by atoms with Crippen molar-refractivity contribution in [3.8, 4) is 11.5 Å². The molecule has 3 aromatic rings. The minimum atomic E-state index is -4.93. The number of aliphatic hydroxyl groups excluding tert-OH is 1. The van der Waals surface area contributed by atoms with Gasteiger partial charge < -0.3 is 20.3 Å². The number of hydrogen-bond acceptors (Lipinski definition) is 5. The number of carbonyl (C=O) groups excluding carboxylic acids is 2. The summed E-state index contributed by atoms with van der Waals surface area (Å²) >= 11 is 0. The average molecular weight is 472 g/mol. The molecule has 1 aromatic heterocycles. The predicted molar refractivity (Wildman–Crippen MR) is 105 cm³/mol. The van der Waals surface area contributed by atoms with Crippen LogP contribution in [0.25, 0.3) is 10.9 Å². The number of hydrogen-bond donors (Lipinski definition) is 3. The van der Waals surface area contributed by atoms with Crippen molar-refractivity contribution in [3.63, 3.8) is 0 Å². The lowest BCUT2D eigenvalue weighted by atomic mass is 9.96. The Morgan fingerprint density at radius 1 is 1.18 bits per heavy atom. The lowest BCUT2D eigenvalue weighted by molar-refractivity contribution is -0.274. The molecule has 0 fully saturated rings. The minimum Gasteiger partial charge on any atom is -0.503 e. The van der Waals surface area contributed by atoms with E-state index >= 15 is 0 Å². The van der Waals surface area contributed by atoms with Crippen LogP contribution >= 0.6 is 0 Å². The van der Waals surface area contributed by atoms with E-state index in [1.54, 1.807) is 0 Å². The topological polar surface area (TPSA) is 101 Å². The van der Waals surface area contributed by atoms with Gasteiger partial charge in [0.15, 0.2) is 17.4 Å². The van der Waals surface area contributed by atoms with E-state index in [1.165, 1.54) is 13.8 Å². The van der Waals surface area contributed by atoms with Crippen LogP contribution in [0, 0.1) is 18.6 Å². The summed E-state index contributed by atoms with van der Waals surface area (Å²) in [6.07, 6.45) is -4.93. The Kier molecular flexibility index (Phi) is 6.32. The molecule has 12 heteroatoms. The van der Waals surface area contributed by atoms with Gasteiger partial charge in [0.2, 0.25) is 5.91 Å². The van der Waals surface area contributed by atoms with Crippen LogP contribution < -0.4 is 10.1 Å². The van der Waals surface area contributed by atoms with Crippen molar-refractivity contribution in [2.45, 2.75) is 26.1 Å². The van der Waals surface area contributed by atoms with Crippen LogP contribution in [0.4, 0.5) is 22.0 Å². The summed E-state index contributed by atoms with van der Waals surface area (Å²) in [5.41, 5.74) is -0.471. The SMILES string of the molecule is Cc1c([C@H](C)C(=O)NCO)c2c(F)c(O)c(F)cc2n1C(=O)c1ccc(OC(F)(F)F)cc1. The number of ether oxygens (including phenoxy) is 1. The van der Waals surface area contributed by atoms with E-state index in [9.17, 15) is 36.6 Å². The summed E-state index contributed by atoms with van der Waals surface area (Å²) in [4.78, 5) is 25.4. The second kappa shape index (κ2) is 8.70. The summed E-state index contributed by atoms with van der Waals surface area (Å²) < 4.78 is 70.8. The third-order valence-electron chi connectivity index (χ3n) is 5.03. The lowest BCUT2D eigenvalue weighted by Gasteiger charge is -2.13. The highest BCUT2D eigenvalue weighted by atomic mass is 19.4. The fourth-order valence-corrected chi connectivity index (χ4v) is 3.59. The van der Waals surface area contributed by atoms with Gasteiger partial charge in [-0.3, -0.25) is 14.2 Å². The molecule has 0 saturated carbocycles. The maximum Gasteiger partial charge on any atom is 0.573 e. The Labute approximate surface area is 183 Å². The summed E-state index contributed by atoms with van der Waals surface area (Å²) in [7, 11) is 0. The number of phenolic OH excluding ortho intramolecular Hbond substituents is 1. The maximum atomic E-state index is 14.9. The first-order valence-electron chi connectivity index (χ1n) is 9.38. The zero-order valence-electron chi connectivity index (χ0n) is 17.1. The van der Waals surface area contributed by atoms with E-state index in [0.717, 1.165) is 28.8 Å². The zero-order valence-corrected chi connectivity index (χ0v) is 17.1. The average Bonchev–Trinajstić information content (AvgIpc) is 3.02. The second-order valence-corrected chi connectivity index (χ2v) is 7.05. The molecule has 0 aliphatic carbocycles. The molecule has 33 heavy (non-hydrogen) atoms. The van der Waals surface area contributed by atoms with Crippen molar-refractivity contribution in [2.24, 2.45) is 0 Å². The Balaban J connectivity index is 2.19. The van der Waals surface area contributed by atoms with E-state index in [2.05, 4.69) is 10.1 Å². The van der Waals surface area contributed by atoms with E-state index in [4.69, 9.17) is 5.11 Å². The van der Waals surface area contributed by atoms with Gasteiger partial charge in [0.1, 0.15) is 12.5 Å². The molecule has 1 atom stereocenters. The van der Waals surface area contributed by atoms with Crippen LogP contribution in [0.1, 0.15) is 34.5 Å². The van der Waals surface area contributed by atoms with Gasteiger partial charge in [-0.05, 0) is 43.7 Å². The van der Waals surface area contributed by atoms with Gasteiger partial charge in [0.25, 0.3) is 5.91 Å². The van der Waals surface area contributed by atoms with Crippen molar-refractivity contribution in [1.82, 2.24) is 9.88 Å². The highest BCUT2D eigenvalue weighted by Gasteiger charge is 2.32. The zero-order chi connectivity index (χ0) is 24.7. The van der Waals surface area contributed by atoms with Gasteiger partial charge in [-0.25, -0.2) is 8.78 Å². The molecular formula is C21H17F5N2O5. The number of benzene rings is 2. The molecule has 176 valence electrons. The quantitative estimate of drug-likeness (QED) is 0.389. The standard InChI is InChI=1S/C21H17F5N2O5/c1-9(19(31)27-8-29)15-10(2)28(14-7-13(22)18(30)17(23)16(14)15)20(32)11-3-5-12(6-4-11)33-21(24,25)26/h3-7,9,29-30H,8H2,1-2H3,(H,27,31)/t9-/m0/s1. The maximum absolute atomic E-state index is 14.9. The molecule has 1 amide bonds. The number of aliphatic hydroxyl groups is 1. The molecule has 0 aliphatic rings. The second-order valence-electron chi connectivity index (χ2n) is 7.05. The third-order valence-corrected chi connectivity index (χ3v) is 5.03. The van der Waals surface area contributed by atoms with Gasteiger partial charge in [0.05, 0.1) is 11.4 Å². The predicted octanol–water partition coefficient (Wildman–Crippen LogP) is 3.69. The number of phenols is 1. The Morgan fingerprint density at radius 3 is 2.33 bits per heavy atom. The van der Waals surface area contributed by atoms with Gasteiger partial charge in [-0.2, -0.15) is 0 Å². The molecule has 7 nitrogen and oxygen atoms in total. The number of nitrogens with zero attached hydrogens (tertiary/aromatic N) is 1. The van der Waals surface area contributed by atoms with Crippen LogP contribution in [0.2, 0.25) is 0 Å². The largest absolute Gasteiger partial charge is 0.573 e. The normalized spacial score (nSPS) is 12.6. The molecule has 0 radical (unpaired) electrons. The van der Waals surface area contributed by atoms with Crippen molar-refractivity contribution < 1.29 is 46.5 Å². The van der Waals surface area contributed by atoms with E-state index in [1.807, 2.05) is 0 Å². The number of amides is 1. The summed E-state index contributed by atoms with van der Waals surface area (Å²) in [5, 5.41) is 20.4. The Morgan fingerprint density at radius 2 is 1.79 bits per heavy atom. The number of alkyl halides is 3. The molecule has 0 unspecified atom stereocenters. The highest BCUT2D eigenvalue weighted by Crippen LogP contribution is 2.38. The number of aromatic hydroxyl groups is 1. The molecule has 3 rings (SSSR count). The molecule has 0 aliphatic heterocycles. The molecule has 0 bridgehead atoms. The van der Waals surface area contributed by atoms with Gasteiger partial charge in [0, 0.05) is 22.7 Å². The Hall–Kier alpha value is -3.67. The monoisotopic (exact) mass is 472 g/mol. The van der Waals surface area contributed by atoms with Crippen molar-refractivity contribution >= 4 is 22.7 Å². The molecular weight excluding hydrogens is 455 g/mol. The van der Waals surface area contributed by atoms with Crippen molar-refractivity contribution in [2.75, 3.05) is 6.73 Å². The molecule has 2 aromatic carbocycles. The fraction of sp³-hybridized carbons (Fsp3) is 0.238. The Bertz CT molecular complexity index is 1240. The number of fused-ring (bicyclic) bond motifs is 1. The lowest BCUT2D eigenvalue weighted by Crippen LogP contribution is -2.29. The highest BCUT2D eigenvalue weighted by molar-refractivity contribution is 6.06. The van der Waals surface area contributed by atoms with Crippen LogP contribution in [0.3, 0.4) is 0 Å². The van der Waals surface area contributed by atoms with Gasteiger partial charge in [-0.15, -0.1) is 13.2 Å². The van der Waals surface area contributed by atoms with Crippen LogP contribution in [0.15, 0.2) is 30.3 Å². The first-order chi connectivity index (χ1) is 15.4. The van der Waals surface area contributed by atoms with Gasteiger partial charge in [-0.1, -0.05) is 0 Å². The smallest absolute Gasteiger partial charge is 0.503 e. The number of rotatable bonds is 5. The molecule has 0 saturated heterocycles. The van der Waals surface area contributed by atoms with E-state index in [0.29, 0.717) is 6.07 Å². The first kappa shape index (κ1) is 24.0. The van der Waals surface area contributed by atoms with E-state index < -0.39 is 59.3 Å². The fourth-order valence-electron chi connectivity index (χ4n) is 3.59. The number of halogens is 5. The summed E-state index contributed by atoms with van der Waals surface area (Å²) in [5.74, 6) is -7.37. The van der Waals surface area contributed by atoms with Gasteiger partial charge >= 0.3 is 6.36 Å². The number of nitrogens with one attached hydrogen (secondary N) is 1. The minimum absolute atomic E-state index is 0.0232. The van der Waals surface area contributed by atoms with Crippen molar-refractivity contribution in [1.29, 1.82) is 0 Å².